The number of para-hydroxylation sites is 1. The monoisotopic (exact) mass is 367 g/mol. The van der Waals surface area contributed by atoms with Gasteiger partial charge in [-0.25, -0.2) is 9.67 Å². The minimum absolute atomic E-state index is 0.0179. The first-order valence-corrected chi connectivity index (χ1v) is 10.1. The Kier molecular flexibility index (Phi) is 7.19. The summed E-state index contributed by atoms with van der Waals surface area (Å²) >= 11 is 0. The number of amides is 1. The highest BCUT2D eigenvalue weighted by Crippen LogP contribution is 2.23. The van der Waals surface area contributed by atoms with Crippen molar-refractivity contribution in [1.82, 2.24) is 9.78 Å². The summed E-state index contributed by atoms with van der Waals surface area (Å²) in [6.45, 7) is 2.75. The van der Waals surface area contributed by atoms with Gasteiger partial charge in [-0.1, -0.05) is 57.2 Å². The van der Waals surface area contributed by atoms with Crippen LogP contribution in [0.1, 0.15) is 58.3 Å². The lowest BCUT2D eigenvalue weighted by Crippen LogP contribution is -2.18. The quantitative estimate of drug-likeness (QED) is 0.560. The summed E-state index contributed by atoms with van der Waals surface area (Å²) in [4.78, 5) is 17.0. The minimum Gasteiger partial charge on any atom is -0.478 e. The van der Waals surface area contributed by atoms with Gasteiger partial charge in [-0.05, 0) is 31.4 Å². The van der Waals surface area contributed by atoms with Crippen LogP contribution in [0.3, 0.4) is 0 Å². The van der Waals surface area contributed by atoms with Crippen molar-refractivity contribution in [3.05, 3.63) is 48.0 Å². The van der Waals surface area contributed by atoms with Gasteiger partial charge in [-0.3, -0.25) is 4.79 Å². The normalized spacial score (nSPS) is 16.1. The molecule has 1 aromatic heterocycles. The standard InChI is InChI=1S/C22H29N3O2/c1-2-3-15-27-21-16-19(17-23-25(21)20-13-9-6-10-14-20)24-22(26)18-11-7-4-5-8-12-18/h6,9-10,13-14,16-18H,2-5,7-8,11-12,15H2,1H3. The van der Waals surface area contributed by atoms with Gasteiger partial charge in [0.25, 0.3) is 0 Å². The second-order valence-electron chi connectivity index (χ2n) is 7.14. The van der Waals surface area contributed by atoms with Crippen LogP contribution in [0.15, 0.2) is 47.6 Å². The molecular formula is C22H29N3O2. The Balaban J connectivity index is 1.87. The summed E-state index contributed by atoms with van der Waals surface area (Å²) in [6.07, 6.45) is 10.3. The van der Waals surface area contributed by atoms with E-state index in [1.54, 1.807) is 10.9 Å². The summed E-state index contributed by atoms with van der Waals surface area (Å²) in [5, 5.41) is 5.06. The molecule has 1 aliphatic rings. The number of carbonyl (C=O) groups excluding carboxylic acids is 1. The third-order valence-electron chi connectivity index (χ3n) is 4.98. The molecule has 1 heterocycles. The fourth-order valence-electron chi connectivity index (χ4n) is 3.39. The molecule has 3 rings (SSSR count). The second-order valence-corrected chi connectivity index (χ2v) is 7.14. The number of unbranched alkanes of at least 4 members (excludes halogenated alkanes) is 1. The molecule has 1 fully saturated rings. The first-order chi connectivity index (χ1) is 13.3. The van der Waals surface area contributed by atoms with Gasteiger partial charge in [0.15, 0.2) is 0 Å². The first-order valence-electron chi connectivity index (χ1n) is 10.1. The van der Waals surface area contributed by atoms with E-state index in [4.69, 9.17) is 4.74 Å². The van der Waals surface area contributed by atoms with Crippen molar-refractivity contribution in [2.24, 2.45) is 10.9 Å². The number of benzene rings is 1. The molecule has 0 atom stereocenters. The highest BCUT2D eigenvalue weighted by Gasteiger charge is 2.19. The van der Waals surface area contributed by atoms with Crippen molar-refractivity contribution >= 4 is 5.91 Å². The summed E-state index contributed by atoms with van der Waals surface area (Å²) < 4.78 is 7.70. The fraction of sp³-hybridized carbons (Fsp3) is 0.500. The molecule has 5 nitrogen and oxygen atoms in total. The Labute approximate surface area is 161 Å². The van der Waals surface area contributed by atoms with Gasteiger partial charge in [-0.2, -0.15) is 5.10 Å². The average Bonchev–Trinajstić information content (AvgIpc) is 2.99. The van der Waals surface area contributed by atoms with E-state index in [0.717, 1.165) is 44.2 Å². The topological polar surface area (TPSA) is 56.5 Å². The summed E-state index contributed by atoms with van der Waals surface area (Å²) in [5.41, 5.74) is 0.922. The van der Waals surface area contributed by atoms with Gasteiger partial charge in [0.1, 0.15) is 0 Å². The van der Waals surface area contributed by atoms with E-state index in [1.165, 1.54) is 12.8 Å². The van der Waals surface area contributed by atoms with Gasteiger partial charge in [0.2, 0.25) is 11.8 Å². The SMILES string of the molecule is CCCCOc1cc(=NC(=O)C2CCCCCC2)cnn1-c1ccccc1. The maximum absolute atomic E-state index is 12.6. The lowest BCUT2D eigenvalue weighted by molar-refractivity contribution is -0.122. The first kappa shape index (κ1) is 19.3. The Hall–Kier alpha value is -2.43. The van der Waals surface area contributed by atoms with Crippen molar-refractivity contribution in [2.45, 2.75) is 58.3 Å². The number of carbonyl (C=O) groups is 1. The number of hydrogen-bond donors (Lipinski definition) is 0. The van der Waals surface area contributed by atoms with Crippen molar-refractivity contribution in [3.8, 4) is 11.6 Å². The number of aromatic nitrogens is 2. The van der Waals surface area contributed by atoms with Crippen LogP contribution in [0.5, 0.6) is 5.88 Å². The zero-order valence-electron chi connectivity index (χ0n) is 16.1. The molecule has 2 aromatic rings. The van der Waals surface area contributed by atoms with E-state index in [1.807, 2.05) is 36.4 Å². The molecule has 0 spiro atoms. The van der Waals surface area contributed by atoms with Crippen LogP contribution in [0.25, 0.3) is 5.69 Å². The van der Waals surface area contributed by atoms with Gasteiger partial charge in [-0.15, -0.1) is 0 Å². The van der Waals surface area contributed by atoms with E-state index in [2.05, 4.69) is 17.0 Å². The Bertz CT molecular complexity index is 791. The minimum atomic E-state index is -0.0179. The van der Waals surface area contributed by atoms with Crippen molar-refractivity contribution in [3.63, 3.8) is 0 Å². The zero-order valence-corrected chi connectivity index (χ0v) is 16.1. The molecule has 144 valence electrons. The van der Waals surface area contributed by atoms with Gasteiger partial charge in [0.05, 0.1) is 23.8 Å². The Morgan fingerprint density at radius 1 is 1.19 bits per heavy atom. The highest BCUT2D eigenvalue weighted by molar-refractivity contribution is 5.79. The molecule has 27 heavy (non-hydrogen) atoms. The van der Waals surface area contributed by atoms with Crippen LogP contribution in [0.2, 0.25) is 0 Å². The third-order valence-corrected chi connectivity index (χ3v) is 4.98. The number of hydrogen-bond acceptors (Lipinski definition) is 3. The molecule has 0 radical (unpaired) electrons. The molecule has 0 unspecified atom stereocenters. The molecule has 0 N–H and O–H groups in total. The summed E-state index contributed by atoms with van der Waals surface area (Å²) in [6, 6.07) is 11.7. The smallest absolute Gasteiger partial charge is 0.249 e. The van der Waals surface area contributed by atoms with Crippen molar-refractivity contribution < 1.29 is 9.53 Å². The molecule has 1 aliphatic carbocycles. The van der Waals surface area contributed by atoms with Crippen molar-refractivity contribution in [2.75, 3.05) is 6.61 Å². The average molecular weight is 367 g/mol. The van der Waals surface area contributed by atoms with E-state index in [-0.39, 0.29) is 11.8 Å². The number of ether oxygens (including phenoxy) is 1. The largest absolute Gasteiger partial charge is 0.478 e. The summed E-state index contributed by atoms with van der Waals surface area (Å²) in [7, 11) is 0. The van der Waals surface area contributed by atoms with Crippen LogP contribution in [-0.2, 0) is 4.79 Å². The fourth-order valence-corrected chi connectivity index (χ4v) is 3.39. The predicted octanol–water partition coefficient (Wildman–Crippen LogP) is 4.45. The zero-order chi connectivity index (χ0) is 18.9. The van der Waals surface area contributed by atoms with Crippen molar-refractivity contribution in [1.29, 1.82) is 0 Å². The lowest BCUT2D eigenvalue weighted by atomic mass is 10.00. The second kappa shape index (κ2) is 10.0. The predicted molar refractivity (Wildman–Crippen MR) is 106 cm³/mol. The van der Waals surface area contributed by atoms with Crippen LogP contribution in [0, 0.1) is 5.92 Å². The maximum atomic E-state index is 12.6. The Morgan fingerprint density at radius 3 is 2.63 bits per heavy atom. The highest BCUT2D eigenvalue weighted by atomic mass is 16.5. The van der Waals surface area contributed by atoms with Gasteiger partial charge < -0.3 is 4.74 Å². The molecule has 1 saturated carbocycles. The number of rotatable bonds is 6. The van der Waals surface area contributed by atoms with E-state index in [9.17, 15) is 4.79 Å². The molecule has 5 heteroatoms. The van der Waals surface area contributed by atoms with E-state index < -0.39 is 0 Å². The van der Waals surface area contributed by atoms with E-state index in [0.29, 0.717) is 17.8 Å². The molecule has 1 amide bonds. The molecule has 1 aromatic carbocycles. The maximum Gasteiger partial charge on any atom is 0.249 e. The molecular weight excluding hydrogens is 338 g/mol. The third kappa shape index (κ3) is 5.52. The molecule has 0 bridgehead atoms. The summed E-state index contributed by atoms with van der Waals surface area (Å²) in [5.74, 6) is 0.652. The van der Waals surface area contributed by atoms with Crippen LogP contribution < -0.4 is 10.1 Å². The lowest BCUT2D eigenvalue weighted by Gasteiger charge is -2.13. The van der Waals surface area contributed by atoms with Crippen LogP contribution in [-0.4, -0.2) is 22.3 Å². The van der Waals surface area contributed by atoms with Gasteiger partial charge in [0, 0.05) is 12.0 Å². The van der Waals surface area contributed by atoms with Gasteiger partial charge >= 0.3 is 0 Å². The molecule has 0 saturated heterocycles. The van der Waals surface area contributed by atoms with Crippen LogP contribution >= 0.6 is 0 Å². The van der Waals surface area contributed by atoms with E-state index >= 15 is 0 Å². The molecule has 0 aliphatic heterocycles. The number of nitrogens with zero attached hydrogens (tertiary/aromatic N) is 3. The Morgan fingerprint density at radius 2 is 1.93 bits per heavy atom. The van der Waals surface area contributed by atoms with Crippen LogP contribution in [0.4, 0.5) is 0 Å².